The molecule has 0 heterocycles. The van der Waals surface area contributed by atoms with Crippen LogP contribution in [0.1, 0.15) is 25.0 Å². The molecule has 2 aromatic rings. The SMILES string of the molecule is CCOc1ccc(CCNC(=O)C=Cc2ccc(OC)cc2OC)cc1OCC. The van der Waals surface area contributed by atoms with Gasteiger partial charge in [0, 0.05) is 24.3 Å². The van der Waals surface area contributed by atoms with Crippen molar-refractivity contribution in [2.45, 2.75) is 20.3 Å². The Morgan fingerprint density at radius 1 is 0.931 bits per heavy atom. The maximum absolute atomic E-state index is 12.1. The van der Waals surface area contributed by atoms with Crippen LogP contribution in [0.2, 0.25) is 0 Å². The van der Waals surface area contributed by atoms with E-state index in [-0.39, 0.29) is 5.91 Å². The second-order valence-corrected chi connectivity index (χ2v) is 6.13. The van der Waals surface area contributed by atoms with Crippen molar-refractivity contribution in [3.63, 3.8) is 0 Å². The number of carbonyl (C=O) groups is 1. The van der Waals surface area contributed by atoms with E-state index >= 15 is 0 Å². The summed E-state index contributed by atoms with van der Waals surface area (Å²) in [7, 11) is 3.18. The van der Waals surface area contributed by atoms with Crippen LogP contribution in [-0.2, 0) is 11.2 Å². The van der Waals surface area contributed by atoms with E-state index in [0.29, 0.717) is 37.7 Å². The summed E-state index contributed by atoms with van der Waals surface area (Å²) in [6.45, 7) is 5.55. The molecule has 0 saturated heterocycles. The molecule has 0 spiro atoms. The Kier molecular flexibility index (Phi) is 8.89. The number of hydrogen-bond donors (Lipinski definition) is 1. The van der Waals surface area contributed by atoms with Crippen molar-refractivity contribution in [1.29, 1.82) is 0 Å². The minimum Gasteiger partial charge on any atom is -0.497 e. The Morgan fingerprint density at radius 2 is 1.69 bits per heavy atom. The van der Waals surface area contributed by atoms with Gasteiger partial charge < -0.3 is 24.3 Å². The van der Waals surface area contributed by atoms with Gasteiger partial charge >= 0.3 is 0 Å². The van der Waals surface area contributed by atoms with Gasteiger partial charge in [0.15, 0.2) is 11.5 Å². The van der Waals surface area contributed by atoms with Crippen LogP contribution in [0, 0.1) is 0 Å². The molecule has 1 N–H and O–H groups in total. The van der Waals surface area contributed by atoms with E-state index in [9.17, 15) is 4.79 Å². The van der Waals surface area contributed by atoms with E-state index < -0.39 is 0 Å². The number of benzene rings is 2. The lowest BCUT2D eigenvalue weighted by atomic mass is 10.1. The monoisotopic (exact) mass is 399 g/mol. The van der Waals surface area contributed by atoms with Crippen molar-refractivity contribution in [3.05, 3.63) is 53.6 Å². The van der Waals surface area contributed by atoms with E-state index in [1.807, 2.05) is 44.2 Å². The zero-order valence-electron chi connectivity index (χ0n) is 17.5. The molecule has 2 rings (SSSR count). The average molecular weight is 399 g/mol. The predicted molar refractivity (Wildman–Crippen MR) is 114 cm³/mol. The van der Waals surface area contributed by atoms with Crippen LogP contribution in [0.25, 0.3) is 6.08 Å². The second kappa shape index (κ2) is 11.6. The van der Waals surface area contributed by atoms with Crippen molar-refractivity contribution in [3.8, 4) is 23.0 Å². The number of ether oxygens (including phenoxy) is 4. The molecule has 2 aromatic carbocycles. The molecule has 1 amide bonds. The minimum absolute atomic E-state index is 0.168. The fourth-order valence-electron chi connectivity index (χ4n) is 2.76. The lowest BCUT2D eigenvalue weighted by Crippen LogP contribution is -2.23. The molecule has 0 saturated carbocycles. The molecule has 0 atom stereocenters. The highest BCUT2D eigenvalue weighted by Crippen LogP contribution is 2.28. The highest BCUT2D eigenvalue weighted by atomic mass is 16.5. The molecule has 0 fully saturated rings. The molecule has 0 aromatic heterocycles. The summed E-state index contributed by atoms with van der Waals surface area (Å²) < 4.78 is 21.7. The molecular weight excluding hydrogens is 370 g/mol. The van der Waals surface area contributed by atoms with E-state index in [0.717, 1.165) is 22.6 Å². The van der Waals surface area contributed by atoms with Gasteiger partial charge in [-0.05, 0) is 56.2 Å². The third kappa shape index (κ3) is 6.75. The predicted octanol–water partition coefficient (Wildman–Crippen LogP) is 3.87. The topological polar surface area (TPSA) is 66.0 Å². The van der Waals surface area contributed by atoms with Gasteiger partial charge in [0.2, 0.25) is 5.91 Å². The molecule has 0 bridgehead atoms. The van der Waals surface area contributed by atoms with Crippen LogP contribution in [0.3, 0.4) is 0 Å². The summed E-state index contributed by atoms with van der Waals surface area (Å²) in [4.78, 5) is 12.1. The Hall–Kier alpha value is -3.15. The van der Waals surface area contributed by atoms with Gasteiger partial charge in [-0.15, -0.1) is 0 Å². The maximum atomic E-state index is 12.1. The number of hydrogen-bond acceptors (Lipinski definition) is 5. The maximum Gasteiger partial charge on any atom is 0.244 e. The van der Waals surface area contributed by atoms with Crippen LogP contribution in [0.15, 0.2) is 42.5 Å². The molecular formula is C23H29NO5. The summed E-state index contributed by atoms with van der Waals surface area (Å²) in [6, 6.07) is 11.3. The number of nitrogens with one attached hydrogen (secondary N) is 1. The number of rotatable bonds is 11. The first kappa shape index (κ1) is 22.1. The van der Waals surface area contributed by atoms with Gasteiger partial charge in [-0.1, -0.05) is 6.07 Å². The molecule has 0 unspecified atom stereocenters. The molecule has 6 nitrogen and oxygen atoms in total. The van der Waals surface area contributed by atoms with E-state index in [2.05, 4.69) is 5.32 Å². The lowest BCUT2D eigenvalue weighted by Gasteiger charge is -2.12. The summed E-state index contributed by atoms with van der Waals surface area (Å²) >= 11 is 0. The summed E-state index contributed by atoms with van der Waals surface area (Å²) in [5, 5.41) is 2.89. The summed E-state index contributed by atoms with van der Waals surface area (Å²) in [5.41, 5.74) is 1.87. The lowest BCUT2D eigenvalue weighted by molar-refractivity contribution is -0.116. The van der Waals surface area contributed by atoms with Crippen LogP contribution in [0.4, 0.5) is 0 Å². The zero-order valence-corrected chi connectivity index (χ0v) is 17.5. The van der Waals surface area contributed by atoms with Crippen LogP contribution in [-0.4, -0.2) is 39.9 Å². The molecule has 0 radical (unpaired) electrons. The first-order chi connectivity index (χ1) is 14.1. The van der Waals surface area contributed by atoms with Crippen molar-refractivity contribution >= 4 is 12.0 Å². The first-order valence-electron chi connectivity index (χ1n) is 9.67. The van der Waals surface area contributed by atoms with E-state index in [1.165, 1.54) is 6.08 Å². The molecule has 29 heavy (non-hydrogen) atoms. The van der Waals surface area contributed by atoms with Crippen LogP contribution < -0.4 is 24.3 Å². The van der Waals surface area contributed by atoms with Crippen molar-refractivity contribution in [2.24, 2.45) is 0 Å². The van der Waals surface area contributed by atoms with Gasteiger partial charge in [-0.3, -0.25) is 4.79 Å². The summed E-state index contributed by atoms with van der Waals surface area (Å²) in [5.74, 6) is 2.64. The molecule has 6 heteroatoms. The summed E-state index contributed by atoms with van der Waals surface area (Å²) in [6.07, 6.45) is 3.91. The zero-order chi connectivity index (χ0) is 21.1. The van der Waals surface area contributed by atoms with Crippen molar-refractivity contribution in [1.82, 2.24) is 5.32 Å². The Morgan fingerprint density at radius 3 is 2.38 bits per heavy atom. The third-order valence-corrected chi connectivity index (χ3v) is 4.18. The molecule has 0 aliphatic carbocycles. The van der Waals surface area contributed by atoms with Crippen LogP contribution in [0.5, 0.6) is 23.0 Å². The van der Waals surface area contributed by atoms with E-state index in [4.69, 9.17) is 18.9 Å². The molecule has 156 valence electrons. The smallest absolute Gasteiger partial charge is 0.244 e. The number of amides is 1. The second-order valence-electron chi connectivity index (χ2n) is 6.13. The highest BCUT2D eigenvalue weighted by molar-refractivity contribution is 5.92. The van der Waals surface area contributed by atoms with Gasteiger partial charge in [0.1, 0.15) is 11.5 Å². The highest BCUT2D eigenvalue weighted by Gasteiger charge is 2.07. The number of carbonyl (C=O) groups excluding carboxylic acids is 1. The van der Waals surface area contributed by atoms with Gasteiger partial charge in [-0.25, -0.2) is 0 Å². The largest absolute Gasteiger partial charge is 0.497 e. The molecule has 0 aliphatic heterocycles. The quantitative estimate of drug-likeness (QED) is 0.581. The van der Waals surface area contributed by atoms with E-state index in [1.54, 1.807) is 26.4 Å². The first-order valence-corrected chi connectivity index (χ1v) is 9.67. The Balaban J connectivity index is 1.91. The third-order valence-electron chi connectivity index (χ3n) is 4.18. The van der Waals surface area contributed by atoms with Crippen LogP contribution >= 0.6 is 0 Å². The fraction of sp³-hybridized carbons (Fsp3) is 0.348. The van der Waals surface area contributed by atoms with Crippen molar-refractivity contribution < 1.29 is 23.7 Å². The molecule has 0 aliphatic rings. The van der Waals surface area contributed by atoms with Gasteiger partial charge in [-0.2, -0.15) is 0 Å². The van der Waals surface area contributed by atoms with Gasteiger partial charge in [0.05, 0.1) is 27.4 Å². The number of methoxy groups -OCH3 is 2. The standard InChI is InChI=1S/C23H29NO5/c1-5-28-20-11-7-17(15-22(20)29-6-2)13-14-24-23(25)12-9-18-8-10-19(26-3)16-21(18)27-4/h7-12,15-16H,5-6,13-14H2,1-4H3,(H,24,25). The van der Waals surface area contributed by atoms with Crippen molar-refractivity contribution in [2.75, 3.05) is 34.0 Å². The van der Waals surface area contributed by atoms with Gasteiger partial charge in [0.25, 0.3) is 0 Å². The Bertz CT molecular complexity index is 832. The Labute approximate surface area is 172 Å². The minimum atomic E-state index is -0.168. The fourth-order valence-corrected chi connectivity index (χ4v) is 2.76. The average Bonchev–Trinajstić information content (AvgIpc) is 2.74. The normalized spacial score (nSPS) is 10.6.